The zero-order chi connectivity index (χ0) is 12.3. The molecule has 0 saturated heterocycles. The third-order valence-corrected chi connectivity index (χ3v) is 3.89. The van der Waals surface area contributed by atoms with Crippen molar-refractivity contribution in [2.75, 3.05) is 12.8 Å². The average molecular weight is 263 g/mol. The fraction of sp³-hybridized carbons (Fsp3) is 0.571. The van der Waals surface area contributed by atoms with E-state index in [1.54, 1.807) is 6.92 Å². The van der Waals surface area contributed by atoms with Gasteiger partial charge in [-0.3, -0.25) is 5.10 Å². The van der Waals surface area contributed by atoms with Gasteiger partial charge in [-0.2, -0.15) is 9.40 Å². The van der Waals surface area contributed by atoms with Gasteiger partial charge in [-0.15, -0.1) is 0 Å². The predicted octanol–water partition coefficient (Wildman–Crippen LogP) is -0.839. The lowest BCUT2D eigenvalue weighted by Gasteiger charge is -2.14. The van der Waals surface area contributed by atoms with Crippen molar-refractivity contribution in [2.45, 2.75) is 13.5 Å². The fourth-order valence-corrected chi connectivity index (χ4v) is 2.39. The van der Waals surface area contributed by atoms with Crippen molar-refractivity contribution in [3.63, 3.8) is 0 Å². The summed E-state index contributed by atoms with van der Waals surface area (Å²) in [4.78, 5) is 3.95. The Labute approximate surface area is 99.1 Å². The van der Waals surface area contributed by atoms with Gasteiger partial charge in [0, 0.05) is 7.05 Å². The number of aromatic nitrogens is 3. The van der Waals surface area contributed by atoms with E-state index in [4.69, 9.17) is 5.73 Å². The topological polar surface area (TPSA) is 105 Å². The number of sulfonamides is 1. The Morgan fingerprint density at radius 1 is 1.62 bits per heavy atom. The smallest absolute Gasteiger partial charge is 0.220 e. The molecule has 1 rings (SSSR count). The second kappa shape index (κ2) is 4.85. The van der Waals surface area contributed by atoms with Crippen molar-refractivity contribution in [2.24, 2.45) is 5.73 Å². The van der Waals surface area contributed by atoms with E-state index in [1.165, 1.54) is 7.05 Å². The van der Waals surface area contributed by atoms with Crippen LogP contribution in [0.1, 0.15) is 11.6 Å². The van der Waals surface area contributed by atoms with E-state index >= 15 is 0 Å². The van der Waals surface area contributed by atoms with E-state index in [0.717, 1.165) is 4.31 Å². The van der Waals surface area contributed by atoms with Crippen molar-refractivity contribution in [1.82, 2.24) is 19.5 Å². The normalized spacial score (nSPS) is 11.9. The number of aromatic amines is 1. The first kappa shape index (κ1) is 13.0. The van der Waals surface area contributed by atoms with Gasteiger partial charge in [-0.1, -0.05) is 12.2 Å². The molecule has 0 saturated carbocycles. The molecule has 1 aromatic heterocycles. The highest BCUT2D eigenvalue weighted by Crippen LogP contribution is 2.03. The van der Waals surface area contributed by atoms with Gasteiger partial charge in [0.1, 0.15) is 11.6 Å². The Morgan fingerprint density at radius 3 is 2.69 bits per heavy atom. The number of nitrogens with two attached hydrogens (primary N) is 1. The van der Waals surface area contributed by atoms with E-state index in [1.807, 2.05) is 0 Å². The molecule has 16 heavy (non-hydrogen) atoms. The summed E-state index contributed by atoms with van der Waals surface area (Å²) in [6.07, 6.45) is 0. The van der Waals surface area contributed by atoms with Crippen molar-refractivity contribution < 1.29 is 8.42 Å². The number of hydrogen-bond donors (Lipinski definition) is 2. The summed E-state index contributed by atoms with van der Waals surface area (Å²) in [5, 5.41) is 6.48. The summed E-state index contributed by atoms with van der Waals surface area (Å²) < 4.78 is 24.4. The Kier molecular flexibility index (Phi) is 3.94. The maximum absolute atomic E-state index is 11.6. The Morgan fingerprint density at radius 2 is 2.25 bits per heavy atom. The maximum atomic E-state index is 11.6. The number of nitrogens with zero attached hydrogens (tertiary/aromatic N) is 3. The number of thiocarbonyl (C=S) groups is 1. The molecule has 0 bridgehead atoms. The van der Waals surface area contributed by atoms with E-state index in [9.17, 15) is 8.42 Å². The quantitative estimate of drug-likeness (QED) is 0.671. The van der Waals surface area contributed by atoms with Crippen molar-refractivity contribution >= 4 is 27.2 Å². The van der Waals surface area contributed by atoms with Crippen LogP contribution in [0.15, 0.2) is 0 Å². The molecular weight excluding hydrogens is 250 g/mol. The Bertz CT molecular complexity index is 481. The molecule has 0 aliphatic heterocycles. The van der Waals surface area contributed by atoms with Crippen LogP contribution in [0.2, 0.25) is 0 Å². The third kappa shape index (κ3) is 3.51. The molecule has 0 atom stereocenters. The molecule has 0 fully saturated rings. The van der Waals surface area contributed by atoms with Gasteiger partial charge >= 0.3 is 0 Å². The first-order valence-corrected chi connectivity index (χ1v) is 6.43. The zero-order valence-electron chi connectivity index (χ0n) is 8.97. The second-order valence-electron chi connectivity index (χ2n) is 3.32. The molecule has 90 valence electrons. The highest BCUT2D eigenvalue weighted by Gasteiger charge is 2.20. The SMILES string of the molecule is Cc1nc(CN(C)S(=O)(=O)CC(N)=S)n[nH]1. The van der Waals surface area contributed by atoms with E-state index in [2.05, 4.69) is 27.4 Å². The van der Waals surface area contributed by atoms with Gasteiger partial charge in [0.15, 0.2) is 5.82 Å². The molecule has 1 aromatic rings. The lowest BCUT2D eigenvalue weighted by molar-refractivity contribution is 0.460. The number of hydrogen-bond acceptors (Lipinski definition) is 5. The third-order valence-electron chi connectivity index (χ3n) is 1.81. The van der Waals surface area contributed by atoms with Crippen LogP contribution in [-0.4, -0.2) is 45.7 Å². The van der Waals surface area contributed by atoms with Gasteiger partial charge in [0.2, 0.25) is 10.0 Å². The highest BCUT2D eigenvalue weighted by atomic mass is 32.2. The molecule has 7 nitrogen and oxygen atoms in total. The number of nitrogens with one attached hydrogen (secondary N) is 1. The number of rotatable bonds is 5. The lowest BCUT2D eigenvalue weighted by atomic mass is 10.6. The van der Waals surface area contributed by atoms with Crippen LogP contribution in [0.25, 0.3) is 0 Å². The second-order valence-corrected chi connectivity index (χ2v) is 5.92. The van der Waals surface area contributed by atoms with Gasteiger partial charge in [-0.25, -0.2) is 13.4 Å². The number of H-pyrrole nitrogens is 1. The summed E-state index contributed by atoms with van der Waals surface area (Å²) >= 11 is 4.57. The van der Waals surface area contributed by atoms with Crippen molar-refractivity contribution in [3.8, 4) is 0 Å². The molecule has 1 heterocycles. The van der Waals surface area contributed by atoms with E-state index < -0.39 is 10.0 Å². The van der Waals surface area contributed by atoms with Crippen LogP contribution in [0.5, 0.6) is 0 Å². The van der Waals surface area contributed by atoms with Gasteiger partial charge in [-0.05, 0) is 6.92 Å². The zero-order valence-corrected chi connectivity index (χ0v) is 10.6. The summed E-state index contributed by atoms with van der Waals surface area (Å²) in [5.41, 5.74) is 5.20. The molecular formula is C7H13N5O2S2. The predicted molar refractivity (Wildman–Crippen MR) is 63.2 cm³/mol. The maximum Gasteiger partial charge on any atom is 0.220 e. The minimum atomic E-state index is -3.48. The molecule has 0 aliphatic carbocycles. The van der Waals surface area contributed by atoms with Crippen LogP contribution in [0.4, 0.5) is 0 Å². The summed E-state index contributed by atoms with van der Waals surface area (Å²) in [5.74, 6) is 0.698. The fourth-order valence-electron chi connectivity index (χ4n) is 1.05. The number of aryl methyl sites for hydroxylation is 1. The minimum Gasteiger partial charge on any atom is -0.392 e. The first-order chi connectivity index (χ1) is 7.31. The first-order valence-electron chi connectivity index (χ1n) is 4.41. The lowest BCUT2D eigenvalue weighted by Crippen LogP contribution is -2.34. The highest BCUT2D eigenvalue weighted by molar-refractivity contribution is 7.92. The molecule has 3 N–H and O–H groups in total. The van der Waals surface area contributed by atoms with Crippen LogP contribution < -0.4 is 5.73 Å². The van der Waals surface area contributed by atoms with E-state index in [0.29, 0.717) is 11.6 Å². The average Bonchev–Trinajstić information content (AvgIpc) is 2.48. The molecule has 9 heteroatoms. The van der Waals surface area contributed by atoms with Crippen molar-refractivity contribution in [1.29, 1.82) is 0 Å². The largest absolute Gasteiger partial charge is 0.392 e. The standard InChI is InChI=1S/C7H13N5O2S2/c1-5-9-7(11-10-5)3-12(2)16(13,14)4-6(8)15/h3-4H2,1-2H3,(H2,8,15)(H,9,10,11). The van der Waals surface area contributed by atoms with Crippen LogP contribution >= 0.6 is 12.2 Å². The minimum absolute atomic E-state index is 0.0574. The molecule has 0 spiro atoms. The van der Waals surface area contributed by atoms with Crippen LogP contribution in [0.3, 0.4) is 0 Å². The Hall–Kier alpha value is -1.06. The van der Waals surface area contributed by atoms with Crippen LogP contribution in [-0.2, 0) is 16.6 Å². The van der Waals surface area contributed by atoms with Gasteiger partial charge in [0.25, 0.3) is 0 Å². The van der Waals surface area contributed by atoms with Crippen LogP contribution in [0, 0.1) is 6.92 Å². The summed E-state index contributed by atoms with van der Waals surface area (Å²) in [6, 6.07) is 0. The molecule has 0 radical (unpaired) electrons. The molecule has 0 unspecified atom stereocenters. The molecule has 0 aliphatic rings. The van der Waals surface area contributed by atoms with Gasteiger partial charge < -0.3 is 5.73 Å². The molecule has 0 aromatic carbocycles. The van der Waals surface area contributed by atoms with E-state index in [-0.39, 0.29) is 17.3 Å². The summed E-state index contributed by atoms with van der Waals surface area (Å²) in [7, 11) is -2.05. The molecule has 0 amide bonds. The van der Waals surface area contributed by atoms with Crippen molar-refractivity contribution in [3.05, 3.63) is 11.6 Å². The van der Waals surface area contributed by atoms with Gasteiger partial charge in [0.05, 0.1) is 11.5 Å². The Balaban J connectivity index is 2.72. The summed E-state index contributed by atoms with van der Waals surface area (Å²) in [6.45, 7) is 1.83. The monoisotopic (exact) mass is 263 g/mol.